The van der Waals surface area contributed by atoms with Gasteiger partial charge in [-0.15, -0.1) is 0 Å². The van der Waals surface area contributed by atoms with Gasteiger partial charge in [0.05, 0.1) is 5.92 Å². The van der Waals surface area contributed by atoms with Gasteiger partial charge in [0.15, 0.2) is 0 Å². The van der Waals surface area contributed by atoms with Gasteiger partial charge in [-0.05, 0) is 23.6 Å². The van der Waals surface area contributed by atoms with Crippen molar-refractivity contribution < 1.29 is 14.3 Å². The summed E-state index contributed by atoms with van der Waals surface area (Å²) >= 11 is 5.41. The summed E-state index contributed by atoms with van der Waals surface area (Å²) in [6.45, 7) is 1.13. The first kappa shape index (κ1) is 12.9. The highest BCUT2D eigenvalue weighted by Gasteiger charge is 2.30. The third kappa shape index (κ3) is 3.23. The molecule has 1 aliphatic rings. The van der Waals surface area contributed by atoms with Crippen LogP contribution in [0.4, 0.5) is 4.79 Å². The largest absolute Gasteiger partial charge is 0.445 e. The second kappa shape index (κ2) is 5.87. The van der Waals surface area contributed by atoms with E-state index in [4.69, 9.17) is 16.3 Å². The van der Waals surface area contributed by atoms with Crippen molar-refractivity contribution >= 4 is 22.9 Å². The summed E-state index contributed by atoms with van der Waals surface area (Å²) in [4.78, 5) is 24.2. The molecule has 18 heavy (non-hydrogen) atoms. The molecule has 1 atom stereocenters. The second-order valence-electron chi connectivity index (χ2n) is 4.28. The normalized spacial score (nSPS) is 18.7. The number of amides is 1. The number of hydrogen-bond donors (Lipinski definition) is 0. The molecule has 1 amide bonds. The Morgan fingerprint density at radius 2 is 2.06 bits per heavy atom. The molecule has 1 heterocycles. The monoisotopic (exact) mass is 267 g/mol. The lowest BCUT2D eigenvalue weighted by atomic mass is 10.1. The SMILES string of the molecule is O=C(Cl)C1CCN(C(=O)OCc2ccccc2)C1. The lowest BCUT2D eigenvalue weighted by molar-refractivity contribution is -0.114. The van der Waals surface area contributed by atoms with Crippen LogP contribution in [0.3, 0.4) is 0 Å². The molecule has 5 heteroatoms. The van der Waals surface area contributed by atoms with Gasteiger partial charge >= 0.3 is 6.09 Å². The van der Waals surface area contributed by atoms with Crippen LogP contribution in [0.5, 0.6) is 0 Å². The summed E-state index contributed by atoms with van der Waals surface area (Å²) in [7, 11) is 0. The number of hydrogen-bond acceptors (Lipinski definition) is 3. The van der Waals surface area contributed by atoms with Crippen molar-refractivity contribution in [2.24, 2.45) is 5.92 Å². The molecule has 0 N–H and O–H groups in total. The maximum absolute atomic E-state index is 11.7. The number of carbonyl (C=O) groups is 2. The number of nitrogens with zero attached hydrogens (tertiary/aromatic N) is 1. The third-order valence-corrected chi connectivity index (χ3v) is 3.28. The second-order valence-corrected chi connectivity index (χ2v) is 4.65. The Balaban J connectivity index is 1.81. The smallest absolute Gasteiger partial charge is 0.410 e. The summed E-state index contributed by atoms with van der Waals surface area (Å²) in [5.41, 5.74) is 0.940. The van der Waals surface area contributed by atoms with Crippen LogP contribution in [-0.2, 0) is 16.1 Å². The Bertz CT molecular complexity index is 435. The quantitative estimate of drug-likeness (QED) is 0.790. The maximum Gasteiger partial charge on any atom is 0.410 e. The van der Waals surface area contributed by atoms with E-state index in [1.54, 1.807) is 0 Å². The third-order valence-electron chi connectivity index (χ3n) is 2.97. The van der Waals surface area contributed by atoms with Gasteiger partial charge in [-0.2, -0.15) is 0 Å². The van der Waals surface area contributed by atoms with Crippen LogP contribution in [-0.4, -0.2) is 29.3 Å². The topological polar surface area (TPSA) is 46.6 Å². The molecule has 1 fully saturated rings. The lowest BCUT2D eigenvalue weighted by Gasteiger charge is -2.15. The molecule has 0 aliphatic carbocycles. The van der Waals surface area contributed by atoms with E-state index in [0.717, 1.165) is 5.56 Å². The minimum absolute atomic E-state index is 0.246. The summed E-state index contributed by atoms with van der Waals surface area (Å²) in [5, 5.41) is -0.381. The highest BCUT2D eigenvalue weighted by Crippen LogP contribution is 2.19. The zero-order chi connectivity index (χ0) is 13.0. The predicted molar refractivity (Wildman–Crippen MR) is 67.2 cm³/mol. The molecule has 96 valence electrons. The van der Waals surface area contributed by atoms with E-state index >= 15 is 0 Å². The van der Waals surface area contributed by atoms with Gasteiger partial charge in [0.25, 0.3) is 0 Å². The van der Waals surface area contributed by atoms with Gasteiger partial charge in [0.1, 0.15) is 6.61 Å². The van der Waals surface area contributed by atoms with Crippen LogP contribution in [0, 0.1) is 5.92 Å². The van der Waals surface area contributed by atoms with Crippen molar-refractivity contribution in [3.63, 3.8) is 0 Å². The molecule has 0 aromatic heterocycles. The molecule has 4 nitrogen and oxygen atoms in total. The standard InChI is InChI=1S/C13H14ClNO3/c14-12(16)11-6-7-15(8-11)13(17)18-9-10-4-2-1-3-5-10/h1-5,11H,6-9H2. The van der Waals surface area contributed by atoms with E-state index in [1.807, 2.05) is 30.3 Å². The van der Waals surface area contributed by atoms with Gasteiger partial charge in [-0.1, -0.05) is 30.3 Å². The molecule has 1 aliphatic heterocycles. The number of carbonyl (C=O) groups excluding carboxylic acids is 2. The van der Waals surface area contributed by atoms with Crippen molar-refractivity contribution in [2.45, 2.75) is 13.0 Å². The maximum atomic E-state index is 11.7. The number of halogens is 1. The first-order valence-electron chi connectivity index (χ1n) is 5.82. The van der Waals surface area contributed by atoms with Crippen LogP contribution in [0.25, 0.3) is 0 Å². The molecule has 1 aromatic carbocycles. The Kier molecular flexibility index (Phi) is 4.20. The molecule has 2 rings (SSSR count). The Morgan fingerprint density at radius 1 is 1.33 bits per heavy atom. The zero-order valence-corrected chi connectivity index (χ0v) is 10.6. The van der Waals surface area contributed by atoms with E-state index in [9.17, 15) is 9.59 Å². The fourth-order valence-corrected chi connectivity index (χ4v) is 2.10. The van der Waals surface area contributed by atoms with Crippen LogP contribution in [0.15, 0.2) is 30.3 Å². The number of likely N-dealkylation sites (tertiary alicyclic amines) is 1. The van der Waals surface area contributed by atoms with E-state index in [1.165, 1.54) is 4.90 Å². The van der Waals surface area contributed by atoms with Gasteiger partial charge in [-0.3, -0.25) is 4.79 Å². The Morgan fingerprint density at radius 3 is 2.67 bits per heavy atom. The molecule has 1 unspecified atom stereocenters. The zero-order valence-electron chi connectivity index (χ0n) is 9.84. The highest BCUT2D eigenvalue weighted by molar-refractivity contribution is 6.64. The number of ether oxygens (including phenoxy) is 1. The highest BCUT2D eigenvalue weighted by atomic mass is 35.5. The minimum Gasteiger partial charge on any atom is -0.445 e. The molecule has 0 radical (unpaired) electrons. The summed E-state index contributed by atoms with van der Waals surface area (Å²) in [5.74, 6) is -0.254. The van der Waals surface area contributed by atoms with Gasteiger partial charge in [-0.25, -0.2) is 4.79 Å². The number of rotatable bonds is 3. The van der Waals surface area contributed by atoms with Crippen molar-refractivity contribution in [3.05, 3.63) is 35.9 Å². The van der Waals surface area contributed by atoms with E-state index in [0.29, 0.717) is 19.5 Å². The van der Waals surface area contributed by atoms with E-state index in [-0.39, 0.29) is 23.9 Å². The molecule has 1 aromatic rings. The van der Waals surface area contributed by atoms with Crippen LogP contribution in [0.1, 0.15) is 12.0 Å². The molecule has 0 spiro atoms. The van der Waals surface area contributed by atoms with Crippen molar-refractivity contribution in [2.75, 3.05) is 13.1 Å². The lowest BCUT2D eigenvalue weighted by Crippen LogP contribution is -2.29. The van der Waals surface area contributed by atoms with Crippen molar-refractivity contribution in [1.29, 1.82) is 0 Å². The average Bonchev–Trinajstić information content (AvgIpc) is 2.87. The van der Waals surface area contributed by atoms with Crippen molar-refractivity contribution in [1.82, 2.24) is 4.90 Å². The van der Waals surface area contributed by atoms with Crippen molar-refractivity contribution in [3.8, 4) is 0 Å². The number of benzene rings is 1. The van der Waals surface area contributed by atoms with Crippen LogP contribution in [0.2, 0.25) is 0 Å². The van der Waals surface area contributed by atoms with Gasteiger partial charge < -0.3 is 9.64 Å². The van der Waals surface area contributed by atoms with Gasteiger partial charge in [0, 0.05) is 13.1 Å². The molecular weight excluding hydrogens is 254 g/mol. The molecule has 1 saturated heterocycles. The van der Waals surface area contributed by atoms with Crippen LogP contribution < -0.4 is 0 Å². The van der Waals surface area contributed by atoms with Gasteiger partial charge in [0.2, 0.25) is 5.24 Å². The Hall–Kier alpha value is -1.55. The van der Waals surface area contributed by atoms with Crippen LogP contribution >= 0.6 is 11.6 Å². The summed E-state index contributed by atoms with van der Waals surface area (Å²) < 4.78 is 5.17. The fourth-order valence-electron chi connectivity index (χ4n) is 1.92. The summed E-state index contributed by atoms with van der Waals surface area (Å²) in [6, 6.07) is 9.47. The minimum atomic E-state index is -0.390. The van der Waals surface area contributed by atoms with E-state index < -0.39 is 0 Å². The average molecular weight is 268 g/mol. The molecular formula is C13H14ClNO3. The fraction of sp³-hybridized carbons (Fsp3) is 0.385. The summed E-state index contributed by atoms with van der Waals surface area (Å²) in [6.07, 6.45) is 0.224. The van der Waals surface area contributed by atoms with E-state index in [2.05, 4.69) is 0 Å². The molecule has 0 bridgehead atoms. The predicted octanol–water partition coefficient (Wildman–Crippen LogP) is 2.41. The Labute approximate surface area is 110 Å². The molecule has 0 saturated carbocycles. The first-order valence-corrected chi connectivity index (χ1v) is 6.19. The first-order chi connectivity index (χ1) is 8.66.